The molecule has 0 bridgehead atoms. The van der Waals surface area contributed by atoms with Crippen LogP contribution < -0.4 is 5.32 Å². The summed E-state index contributed by atoms with van der Waals surface area (Å²) in [5.74, 6) is 0. The van der Waals surface area contributed by atoms with E-state index < -0.39 is 0 Å². The quantitative estimate of drug-likeness (QED) is 0.666. The molecule has 1 atom stereocenters. The summed E-state index contributed by atoms with van der Waals surface area (Å²) in [6.07, 6.45) is 4.88. The highest BCUT2D eigenvalue weighted by molar-refractivity contribution is 4.91. The van der Waals surface area contributed by atoms with Gasteiger partial charge in [-0.05, 0) is 39.3 Å². The van der Waals surface area contributed by atoms with Gasteiger partial charge in [0, 0.05) is 12.6 Å². The first kappa shape index (κ1) is 11.5. The number of hydrogen-bond donors (Lipinski definition) is 1. The fraction of sp³-hybridized carbons (Fsp3) is 0.909. The van der Waals surface area contributed by atoms with Crippen LogP contribution in [0.1, 0.15) is 32.6 Å². The van der Waals surface area contributed by atoms with E-state index in [2.05, 4.69) is 23.2 Å². The summed E-state index contributed by atoms with van der Waals surface area (Å²) in [4.78, 5) is 2.53. The van der Waals surface area contributed by atoms with Crippen molar-refractivity contribution in [2.45, 2.75) is 44.7 Å². The molecular weight excluding hydrogens is 174 g/mol. The summed E-state index contributed by atoms with van der Waals surface area (Å²) in [6, 6.07) is 3.12. The van der Waals surface area contributed by atoms with E-state index >= 15 is 0 Å². The Bertz CT molecular complexity index is 193. The first-order valence-corrected chi connectivity index (χ1v) is 5.62. The second-order valence-electron chi connectivity index (χ2n) is 4.03. The standard InChI is InChI=1S/C11H21N3/c1-3-7-14(11-4-5-11)8-6-10(9-12)13-2/h10-11,13H,3-8H2,1-2H3. The molecule has 0 aliphatic heterocycles. The Morgan fingerprint density at radius 3 is 2.64 bits per heavy atom. The monoisotopic (exact) mass is 195 g/mol. The van der Waals surface area contributed by atoms with Gasteiger partial charge in [-0.3, -0.25) is 0 Å². The third kappa shape index (κ3) is 3.65. The fourth-order valence-electron chi connectivity index (χ4n) is 1.77. The molecule has 0 radical (unpaired) electrons. The van der Waals surface area contributed by atoms with Crippen molar-refractivity contribution in [3.63, 3.8) is 0 Å². The Balaban J connectivity index is 2.22. The zero-order chi connectivity index (χ0) is 10.4. The summed E-state index contributed by atoms with van der Waals surface area (Å²) in [5, 5.41) is 11.8. The van der Waals surface area contributed by atoms with Crippen molar-refractivity contribution in [2.75, 3.05) is 20.1 Å². The zero-order valence-corrected chi connectivity index (χ0v) is 9.29. The van der Waals surface area contributed by atoms with E-state index in [9.17, 15) is 0 Å². The van der Waals surface area contributed by atoms with E-state index in [-0.39, 0.29) is 6.04 Å². The SMILES string of the molecule is CCCN(CCC(C#N)NC)C1CC1. The van der Waals surface area contributed by atoms with Crippen LogP contribution in [-0.2, 0) is 0 Å². The highest BCUT2D eigenvalue weighted by Crippen LogP contribution is 2.26. The minimum absolute atomic E-state index is 0.0214. The molecule has 14 heavy (non-hydrogen) atoms. The minimum atomic E-state index is 0.0214. The van der Waals surface area contributed by atoms with Gasteiger partial charge < -0.3 is 10.2 Å². The van der Waals surface area contributed by atoms with Crippen molar-refractivity contribution in [3.8, 4) is 6.07 Å². The van der Waals surface area contributed by atoms with E-state index in [1.807, 2.05) is 7.05 Å². The van der Waals surface area contributed by atoms with Crippen LogP contribution in [0.5, 0.6) is 0 Å². The summed E-state index contributed by atoms with van der Waals surface area (Å²) in [7, 11) is 1.86. The van der Waals surface area contributed by atoms with Gasteiger partial charge in [0.2, 0.25) is 0 Å². The summed E-state index contributed by atoms with van der Waals surface area (Å²) >= 11 is 0. The lowest BCUT2D eigenvalue weighted by Crippen LogP contribution is -2.33. The molecular formula is C11H21N3. The van der Waals surface area contributed by atoms with E-state index in [0.717, 1.165) is 19.0 Å². The van der Waals surface area contributed by atoms with Crippen molar-refractivity contribution in [3.05, 3.63) is 0 Å². The van der Waals surface area contributed by atoms with Crippen LogP contribution in [-0.4, -0.2) is 37.1 Å². The van der Waals surface area contributed by atoms with Gasteiger partial charge in [-0.2, -0.15) is 5.26 Å². The van der Waals surface area contributed by atoms with E-state index in [4.69, 9.17) is 5.26 Å². The second kappa shape index (κ2) is 6.00. The van der Waals surface area contributed by atoms with Gasteiger partial charge in [0.05, 0.1) is 12.1 Å². The van der Waals surface area contributed by atoms with Gasteiger partial charge in [-0.25, -0.2) is 0 Å². The van der Waals surface area contributed by atoms with Gasteiger partial charge >= 0.3 is 0 Å². The topological polar surface area (TPSA) is 39.1 Å². The van der Waals surface area contributed by atoms with Crippen LogP contribution in [0.3, 0.4) is 0 Å². The van der Waals surface area contributed by atoms with Crippen molar-refractivity contribution in [1.29, 1.82) is 5.26 Å². The predicted molar refractivity (Wildman–Crippen MR) is 58.0 cm³/mol. The number of nitrogens with one attached hydrogen (secondary N) is 1. The lowest BCUT2D eigenvalue weighted by molar-refractivity contribution is 0.255. The van der Waals surface area contributed by atoms with Crippen LogP contribution >= 0.6 is 0 Å². The predicted octanol–water partition coefficient (Wildman–Crippen LogP) is 1.36. The molecule has 80 valence electrons. The third-order valence-electron chi connectivity index (χ3n) is 2.78. The van der Waals surface area contributed by atoms with Crippen molar-refractivity contribution >= 4 is 0 Å². The Morgan fingerprint density at radius 1 is 1.50 bits per heavy atom. The van der Waals surface area contributed by atoms with Gasteiger partial charge in [-0.1, -0.05) is 6.92 Å². The van der Waals surface area contributed by atoms with Crippen LogP contribution in [0, 0.1) is 11.3 Å². The molecule has 1 aliphatic rings. The Labute approximate surface area is 87.1 Å². The number of hydrogen-bond acceptors (Lipinski definition) is 3. The van der Waals surface area contributed by atoms with Gasteiger partial charge in [0.25, 0.3) is 0 Å². The maximum atomic E-state index is 8.79. The van der Waals surface area contributed by atoms with Crippen molar-refractivity contribution in [2.24, 2.45) is 0 Å². The Kier molecular flexibility index (Phi) is 4.92. The normalized spacial score (nSPS) is 18.1. The molecule has 1 N–H and O–H groups in total. The molecule has 0 amide bonds. The molecule has 0 aromatic carbocycles. The zero-order valence-electron chi connectivity index (χ0n) is 9.29. The molecule has 0 saturated heterocycles. The first-order valence-electron chi connectivity index (χ1n) is 5.62. The van der Waals surface area contributed by atoms with E-state index in [1.54, 1.807) is 0 Å². The molecule has 0 spiro atoms. The second-order valence-corrected chi connectivity index (χ2v) is 4.03. The summed E-state index contributed by atoms with van der Waals surface area (Å²) < 4.78 is 0. The highest BCUT2D eigenvalue weighted by atomic mass is 15.2. The number of nitrogens with zero attached hydrogens (tertiary/aromatic N) is 2. The van der Waals surface area contributed by atoms with Crippen molar-refractivity contribution < 1.29 is 0 Å². The first-order chi connectivity index (χ1) is 6.81. The maximum Gasteiger partial charge on any atom is 0.0962 e. The molecule has 1 rings (SSSR count). The molecule has 1 aliphatic carbocycles. The average Bonchev–Trinajstić information content (AvgIpc) is 3.01. The van der Waals surface area contributed by atoms with Crippen LogP contribution in [0.2, 0.25) is 0 Å². The molecule has 0 aromatic rings. The van der Waals surface area contributed by atoms with Gasteiger partial charge in [0.15, 0.2) is 0 Å². The number of rotatable bonds is 7. The van der Waals surface area contributed by atoms with Crippen LogP contribution in [0.4, 0.5) is 0 Å². The summed E-state index contributed by atoms with van der Waals surface area (Å²) in [6.45, 7) is 4.47. The maximum absolute atomic E-state index is 8.79. The van der Waals surface area contributed by atoms with Crippen molar-refractivity contribution in [1.82, 2.24) is 10.2 Å². The lowest BCUT2D eigenvalue weighted by atomic mass is 10.2. The average molecular weight is 195 g/mol. The van der Waals surface area contributed by atoms with Crippen LogP contribution in [0.15, 0.2) is 0 Å². The minimum Gasteiger partial charge on any atom is -0.305 e. The largest absolute Gasteiger partial charge is 0.305 e. The Hall–Kier alpha value is -0.590. The molecule has 1 saturated carbocycles. The lowest BCUT2D eigenvalue weighted by Gasteiger charge is -2.22. The molecule has 1 fully saturated rings. The van der Waals surface area contributed by atoms with Gasteiger partial charge in [-0.15, -0.1) is 0 Å². The smallest absolute Gasteiger partial charge is 0.0962 e. The van der Waals surface area contributed by atoms with E-state index in [1.165, 1.54) is 25.8 Å². The van der Waals surface area contributed by atoms with Gasteiger partial charge in [0.1, 0.15) is 0 Å². The molecule has 3 nitrogen and oxygen atoms in total. The molecule has 1 unspecified atom stereocenters. The Morgan fingerprint density at radius 2 is 2.21 bits per heavy atom. The summed E-state index contributed by atoms with van der Waals surface area (Å²) in [5.41, 5.74) is 0. The highest BCUT2D eigenvalue weighted by Gasteiger charge is 2.28. The number of nitriles is 1. The van der Waals surface area contributed by atoms with E-state index in [0.29, 0.717) is 0 Å². The molecule has 0 aromatic heterocycles. The molecule has 3 heteroatoms. The molecule has 0 heterocycles. The van der Waals surface area contributed by atoms with Crippen LogP contribution in [0.25, 0.3) is 0 Å². The third-order valence-corrected chi connectivity index (χ3v) is 2.78. The fourth-order valence-corrected chi connectivity index (χ4v) is 1.77.